The summed E-state index contributed by atoms with van der Waals surface area (Å²) >= 11 is 0. The van der Waals surface area contributed by atoms with Crippen LogP contribution < -0.4 is 0 Å². The third-order valence-electron chi connectivity index (χ3n) is 0.0913. The Kier molecular flexibility index (Phi) is 25.6. The van der Waals surface area contributed by atoms with E-state index >= 15 is 0 Å². The van der Waals surface area contributed by atoms with Gasteiger partial charge in [-0.25, -0.2) is 0 Å². The zero-order chi connectivity index (χ0) is 6.12. The Morgan fingerprint density at radius 2 is 1.86 bits per heavy atom. The van der Waals surface area contributed by atoms with E-state index < -0.39 is 0 Å². The number of hydrogen-bond acceptors (Lipinski definition) is 1. The summed E-state index contributed by atoms with van der Waals surface area (Å²) in [5, 5.41) is 7.51. The number of rotatable bonds is 0. The van der Waals surface area contributed by atoms with E-state index in [-0.39, 0.29) is 0 Å². The molecule has 0 aromatic carbocycles. The van der Waals surface area contributed by atoms with E-state index in [0.29, 0.717) is 0 Å². The SMILES string of the molecule is C=CC#N.CCC. The van der Waals surface area contributed by atoms with Gasteiger partial charge >= 0.3 is 0 Å². The number of nitrogens with zero attached hydrogens (tertiary/aromatic N) is 1. The van der Waals surface area contributed by atoms with Gasteiger partial charge < -0.3 is 0 Å². The molecule has 0 aliphatic carbocycles. The zero-order valence-corrected chi connectivity index (χ0v) is 4.94. The lowest BCUT2D eigenvalue weighted by atomic mass is 10.6. The highest BCUT2D eigenvalue weighted by Gasteiger charge is 1.35. The first-order chi connectivity index (χ1) is 3.33. The third-order valence-corrected chi connectivity index (χ3v) is 0.0913. The van der Waals surface area contributed by atoms with Crippen molar-refractivity contribution in [2.24, 2.45) is 0 Å². The fourth-order valence-electron chi connectivity index (χ4n) is 0. The lowest BCUT2D eigenvalue weighted by molar-refractivity contribution is 1.09. The average Bonchev–Trinajstić information content (AvgIpc) is 1.69. The van der Waals surface area contributed by atoms with Gasteiger partial charge in [-0.05, 0) is 0 Å². The van der Waals surface area contributed by atoms with E-state index in [1.54, 1.807) is 6.07 Å². The quantitative estimate of drug-likeness (QED) is 0.425. The molecule has 0 aromatic rings. The van der Waals surface area contributed by atoms with Crippen LogP contribution in [0.5, 0.6) is 0 Å². The lowest BCUT2D eigenvalue weighted by Gasteiger charge is -1.48. The highest BCUT2D eigenvalue weighted by atomic mass is 14.2. The molecule has 0 bridgehead atoms. The van der Waals surface area contributed by atoms with Crippen molar-refractivity contribution < 1.29 is 0 Å². The molecule has 0 unspecified atom stereocenters. The maximum Gasteiger partial charge on any atom is 0.0905 e. The van der Waals surface area contributed by atoms with Gasteiger partial charge in [0, 0.05) is 6.08 Å². The Hall–Kier alpha value is -0.770. The summed E-state index contributed by atoms with van der Waals surface area (Å²) in [6, 6.07) is 1.69. The molecule has 0 aliphatic rings. The molecule has 0 radical (unpaired) electrons. The normalized spacial score (nSPS) is 4.71. The topological polar surface area (TPSA) is 23.8 Å². The Labute approximate surface area is 45.3 Å². The van der Waals surface area contributed by atoms with Crippen LogP contribution in [-0.2, 0) is 0 Å². The molecule has 0 rings (SSSR count). The summed E-state index contributed by atoms with van der Waals surface area (Å²) in [5.74, 6) is 0. The van der Waals surface area contributed by atoms with Crippen molar-refractivity contribution in [3.63, 3.8) is 0 Å². The molecule has 7 heavy (non-hydrogen) atoms. The summed E-state index contributed by atoms with van der Waals surface area (Å²) in [6.07, 6.45) is 2.43. The van der Waals surface area contributed by atoms with Crippen LogP contribution in [0.2, 0.25) is 0 Å². The molecule has 1 heteroatoms. The van der Waals surface area contributed by atoms with Crippen LogP contribution in [0.3, 0.4) is 0 Å². The predicted octanol–water partition coefficient (Wildman–Crippen LogP) is 2.11. The molecule has 0 fully saturated rings. The summed E-state index contributed by atoms with van der Waals surface area (Å²) in [7, 11) is 0. The van der Waals surface area contributed by atoms with Crippen molar-refractivity contribution in [1.29, 1.82) is 5.26 Å². The van der Waals surface area contributed by atoms with E-state index in [2.05, 4.69) is 20.4 Å². The molecule has 1 nitrogen and oxygen atoms in total. The van der Waals surface area contributed by atoms with Crippen molar-refractivity contribution in [2.75, 3.05) is 0 Å². The van der Waals surface area contributed by atoms with Gasteiger partial charge in [-0.2, -0.15) is 5.26 Å². The van der Waals surface area contributed by atoms with Gasteiger partial charge in [-0.1, -0.05) is 26.8 Å². The summed E-state index contributed by atoms with van der Waals surface area (Å²) in [5.41, 5.74) is 0. The molecule has 0 saturated heterocycles. The van der Waals surface area contributed by atoms with Gasteiger partial charge in [0.25, 0.3) is 0 Å². The van der Waals surface area contributed by atoms with E-state index in [9.17, 15) is 0 Å². The van der Waals surface area contributed by atoms with Crippen molar-refractivity contribution in [3.05, 3.63) is 12.7 Å². The molecule has 0 aromatic heterocycles. The Balaban J connectivity index is 0. The van der Waals surface area contributed by atoms with Crippen LogP contribution >= 0.6 is 0 Å². The molecule has 0 atom stereocenters. The van der Waals surface area contributed by atoms with Crippen LogP contribution in [0.1, 0.15) is 20.3 Å². The second kappa shape index (κ2) is 18.8. The second-order valence-electron chi connectivity index (χ2n) is 1.04. The maximum atomic E-state index is 7.51. The van der Waals surface area contributed by atoms with Crippen LogP contribution in [0.4, 0.5) is 0 Å². The molecule has 40 valence electrons. The highest BCUT2D eigenvalue weighted by molar-refractivity contribution is 4.93. The summed E-state index contributed by atoms with van der Waals surface area (Å²) < 4.78 is 0. The third kappa shape index (κ3) is 1030. The molecule has 0 amide bonds. The number of nitriles is 1. The van der Waals surface area contributed by atoms with Gasteiger partial charge in [0.15, 0.2) is 0 Å². The summed E-state index contributed by atoms with van der Waals surface area (Å²) in [4.78, 5) is 0. The van der Waals surface area contributed by atoms with E-state index in [0.717, 1.165) is 0 Å². The molecule has 0 N–H and O–H groups in total. The van der Waals surface area contributed by atoms with Crippen LogP contribution in [-0.4, -0.2) is 0 Å². The Morgan fingerprint density at radius 1 is 1.71 bits per heavy atom. The Morgan fingerprint density at radius 3 is 1.86 bits per heavy atom. The molecule has 0 aliphatic heterocycles. The van der Waals surface area contributed by atoms with E-state index in [4.69, 9.17) is 5.26 Å². The number of hydrogen-bond donors (Lipinski definition) is 0. The van der Waals surface area contributed by atoms with Gasteiger partial charge in [-0.15, -0.1) is 0 Å². The number of allylic oxidation sites excluding steroid dienone is 1. The molecule has 0 saturated carbocycles. The van der Waals surface area contributed by atoms with Gasteiger partial charge in [0.05, 0.1) is 6.07 Å². The minimum Gasteiger partial charge on any atom is -0.193 e. The highest BCUT2D eigenvalue weighted by Crippen LogP contribution is 1.56. The monoisotopic (exact) mass is 97.1 g/mol. The second-order valence-corrected chi connectivity index (χ2v) is 1.04. The predicted molar refractivity (Wildman–Crippen MR) is 31.8 cm³/mol. The Bertz CT molecular complexity index is 59.1. The van der Waals surface area contributed by atoms with Crippen molar-refractivity contribution in [1.82, 2.24) is 0 Å². The smallest absolute Gasteiger partial charge is 0.0905 e. The van der Waals surface area contributed by atoms with Gasteiger partial charge in [0.2, 0.25) is 0 Å². The molecular formula is C6H11N. The standard InChI is InChI=1S/C3H3N.C3H8/c1-2-3-4;1-3-2/h2H,1H2;3H2,1-2H3. The van der Waals surface area contributed by atoms with E-state index in [1.165, 1.54) is 12.5 Å². The first kappa shape index (κ1) is 9.52. The fraction of sp³-hybridized carbons (Fsp3) is 0.500. The van der Waals surface area contributed by atoms with Crippen molar-refractivity contribution in [2.45, 2.75) is 20.3 Å². The van der Waals surface area contributed by atoms with Crippen LogP contribution in [0.25, 0.3) is 0 Å². The minimum atomic E-state index is 1.18. The van der Waals surface area contributed by atoms with Crippen LogP contribution in [0, 0.1) is 11.3 Å². The van der Waals surface area contributed by atoms with Gasteiger partial charge in [-0.3, -0.25) is 0 Å². The first-order valence-corrected chi connectivity index (χ1v) is 2.33. The average molecular weight is 97.2 g/mol. The fourth-order valence-corrected chi connectivity index (χ4v) is 0. The molecular weight excluding hydrogens is 86.1 g/mol. The van der Waals surface area contributed by atoms with Crippen molar-refractivity contribution in [3.8, 4) is 6.07 Å². The van der Waals surface area contributed by atoms with E-state index in [1.807, 2.05) is 0 Å². The van der Waals surface area contributed by atoms with Gasteiger partial charge in [0.1, 0.15) is 0 Å². The first-order valence-electron chi connectivity index (χ1n) is 2.33. The summed E-state index contributed by atoms with van der Waals surface area (Å²) in [6.45, 7) is 7.37. The van der Waals surface area contributed by atoms with Crippen LogP contribution in [0.15, 0.2) is 12.7 Å². The molecule has 0 heterocycles. The zero-order valence-electron chi connectivity index (χ0n) is 4.94. The lowest BCUT2D eigenvalue weighted by Crippen LogP contribution is -1.27. The minimum absolute atomic E-state index is 1.18. The van der Waals surface area contributed by atoms with Crippen molar-refractivity contribution >= 4 is 0 Å². The molecule has 0 spiro atoms. The largest absolute Gasteiger partial charge is 0.193 e. The maximum absolute atomic E-state index is 7.51.